The Morgan fingerprint density at radius 3 is 2.65 bits per heavy atom. The second-order valence-electron chi connectivity index (χ2n) is 9.01. The molecule has 2 aromatic heterocycles. The first-order valence-corrected chi connectivity index (χ1v) is 12.1. The van der Waals surface area contributed by atoms with Crippen LogP contribution in [-0.4, -0.2) is 33.2 Å². The van der Waals surface area contributed by atoms with Crippen molar-refractivity contribution in [1.29, 1.82) is 0 Å². The van der Waals surface area contributed by atoms with E-state index in [2.05, 4.69) is 69.5 Å². The fourth-order valence-corrected chi connectivity index (χ4v) is 4.06. The van der Waals surface area contributed by atoms with Crippen molar-refractivity contribution in [2.45, 2.75) is 65.2 Å². The van der Waals surface area contributed by atoms with E-state index in [9.17, 15) is 0 Å². The largest absolute Gasteiger partial charge is 0.361 e. The molecule has 0 atom stereocenters. The number of hydroxylamine groups is 1. The maximum Gasteiger partial charge on any atom is 0.253 e. The number of hydrogen-bond donors (Lipinski definition) is 1. The lowest BCUT2D eigenvalue weighted by atomic mass is 9.96. The molecule has 8 heteroatoms. The zero-order chi connectivity index (χ0) is 23.9. The molecule has 1 fully saturated rings. The predicted molar refractivity (Wildman–Crippen MR) is 132 cm³/mol. The number of rotatable bonds is 9. The SMILES string of the molecule is CCCC=C(NOc1ncnc(N2CCC(c3nc(C(C)C)no3)CC2)c1C)c1ccccc1. The standard InChI is InChI=1S/C26H34N6O2/c1-5-6-12-22(20-10-8-7-9-11-20)30-33-25-19(4)24(27-17-28-25)32-15-13-21(14-16-32)26-29-23(18(2)3)31-34-26/h7-12,17-18,21,30H,5-6,13-16H2,1-4H3. The van der Waals surface area contributed by atoms with Crippen molar-refractivity contribution in [3.8, 4) is 5.88 Å². The number of hydrogen-bond acceptors (Lipinski definition) is 8. The van der Waals surface area contributed by atoms with E-state index in [1.54, 1.807) is 6.33 Å². The van der Waals surface area contributed by atoms with Gasteiger partial charge in [-0.15, -0.1) is 0 Å². The summed E-state index contributed by atoms with van der Waals surface area (Å²) < 4.78 is 5.53. The van der Waals surface area contributed by atoms with Crippen molar-refractivity contribution >= 4 is 11.5 Å². The molecule has 0 radical (unpaired) electrons. The molecular weight excluding hydrogens is 428 g/mol. The van der Waals surface area contributed by atoms with Gasteiger partial charge in [0.05, 0.1) is 11.3 Å². The highest BCUT2D eigenvalue weighted by Crippen LogP contribution is 2.32. The topological polar surface area (TPSA) is 89.2 Å². The number of nitrogens with zero attached hydrogens (tertiary/aromatic N) is 5. The highest BCUT2D eigenvalue weighted by molar-refractivity contribution is 5.63. The summed E-state index contributed by atoms with van der Waals surface area (Å²) in [6.07, 6.45) is 7.62. The van der Waals surface area contributed by atoms with Crippen LogP contribution >= 0.6 is 0 Å². The van der Waals surface area contributed by atoms with Crippen LogP contribution < -0.4 is 15.2 Å². The summed E-state index contributed by atoms with van der Waals surface area (Å²) in [5.41, 5.74) is 6.04. The van der Waals surface area contributed by atoms with Gasteiger partial charge >= 0.3 is 0 Å². The van der Waals surface area contributed by atoms with Crippen molar-refractivity contribution in [2.24, 2.45) is 0 Å². The van der Waals surface area contributed by atoms with Crippen molar-refractivity contribution in [3.05, 3.63) is 65.6 Å². The Labute approximate surface area is 201 Å². The minimum absolute atomic E-state index is 0.271. The van der Waals surface area contributed by atoms with Crippen LogP contribution in [0.2, 0.25) is 0 Å². The molecule has 0 aliphatic carbocycles. The van der Waals surface area contributed by atoms with Crippen LogP contribution in [0, 0.1) is 6.92 Å². The van der Waals surface area contributed by atoms with E-state index in [0.717, 1.165) is 73.1 Å². The third-order valence-corrected chi connectivity index (χ3v) is 6.11. The van der Waals surface area contributed by atoms with Gasteiger partial charge in [0.2, 0.25) is 5.89 Å². The maximum absolute atomic E-state index is 5.97. The molecule has 1 aliphatic rings. The van der Waals surface area contributed by atoms with E-state index < -0.39 is 0 Å². The zero-order valence-corrected chi connectivity index (χ0v) is 20.5. The highest BCUT2D eigenvalue weighted by Gasteiger charge is 2.27. The van der Waals surface area contributed by atoms with Crippen LogP contribution in [0.3, 0.4) is 0 Å². The van der Waals surface area contributed by atoms with Gasteiger partial charge in [-0.2, -0.15) is 9.97 Å². The molecule has 34 heavy (non-hydrogen) atoms. The number of unbranched alkanes of at least 4 members (excludes halogenated alkanes) is 1. The summed E-state index contributed by atoms with van der Waals surface area (Å²) in [6, 6.07) is 10.2. The fraction of sp³-hybridized carbons (Fsp3) is 0.462. The van der Waals surface area contributed by atoms with Gasteiger partial charge in [0.1, 0.15) is 12.1 Å². The Balaban J connectivity index is 1.42. The molecule has 0 amide bonds. The van der Waals surface area contributed by atoms with E-state index in [4.69, 9.17) is 9.36 Å². The van der Waals surface area contributed by atoms with Gasteiger partial charge in [-0.05, 0) is 26.2 Å². The third-order valence-electron chi connectivity index (χ3n) is 6.11. The Kier molecular flexibility index (Phi) is 7.77. The number of piperidine rings is 1. The fourth-order valence-electron chi connectivity index (χ4n) is 4.06. The minimum atomic E-state index is 0.271. The van der Waals surface area contributed by atoms with E-state index >= 15 is 0 Å². The Hall–Kier alpha value is -3.42. The molecule has 4 rings (SSSR count). The molecular formula is C26H34N6O2. The average molecular weight is 463 g/mol. The first-order valence-electron chi connectivity index (χ1n) is 12.1. The van der Waals surface area contributed by atoms with Crippen LogP contribution in [0.5, 0.6) is 5.88 Å². The second-order valence-corrected chi connectivity index (χ2v) is 9.01. The summed E-state index contributed by atoms with van der Waals surface area (Å²) in [4.78, 5) is 21.8. The van der Waals surface area contributed by atoms with Gasteiger partial charge in [0, 0.05) is 30.5 Å². The molecule has 0 spiro atoms. The number of anilines is 1. The van der Waals surface area contributed by atoms with Crippen molar-refractivity contribution < 1.29 is 9.36 Å². The summed E-state index contributed by atoms with van der Waals surface area (Å²) in [5.74, 6) is 3.52. The summed E-state index contributed by atoms with van der Waals surface area (Å²) in [5, 5.41) is 4.12. The summed E-state index contributed by atoms with van der Waals surface area (Å²) in [7, 11) is 0. The molecule has 1 N–H and O–H groups in total. The van der Waals surface area contributed by atoms with E-state index in [0.29, 0.717) is 5.88 Å². The van der Waals surface area contributed by atoms with Gasteiger partial charge in [-0.1, -0.05) is 68.8 Å². The van der Waals surface area contributed by atoms with E-state index in [1.165, 1.54) is 0 Å². The molecule has 3 heterocycles. The lowest BCUT2D eigenvalue weighted by molar-refractivity contribution is 0.239. The van der Waals surface area contributed by atoms with Gasteiger partial charge in [-0.25, -0.2) is 10.5 Å². The monoisotopic (exact) mass is 462 g/mol. The van der Waals surface area contributed by atoms with Crippen LogP contribution in [0.4, 0.5) is 5.82 Å². The minimum Gasteiger partial charge on any atom is -0.361 e. The Bertz CT molecular complexity index is 1090. The molecule has 0 saturated carbocycles. The smallest absolute Gasteiger partial charge is 0.253 e. The van der Waals surface area contributed by atoms with Gasteiger partial charge in [0.15, 0.2) is 5.82 Å². The average Bonchev–Trinajstić information content (AvgIpc) is 3.37. The number of aromatic nitrogens is 4. The van der Waals surface area contributed by atoms with Crippen molar-refractivity contribution in [1.82, 2.24) is 25.6 Å². The van der Waals surface area contributed by atoms with Crippen molar-refractivity contribution in [3.63, 3.8) is 0 Å². The van der Waals surface area contributed by atoms with Crippen LogP contribution in [0.25, 0.3) is 5.70 Å². The quantitative estimate of drug-likeness (QED) is 0.423. The number of nitrogens with one attached hydrogen (secondary N) is 1. The number of allylic oxidation sites excluding steroid dienone is 1. The van der Waals surface area contributed by atoms with Crippen LogP contribution in [0.1, 0.15) is 81.1 Å². The summed E-state index contributed by atoms with van der Waals surface area (Å²) >= 11 is 0. The highest BCUT2D eigenvalue weighted by atomic mass is 16.7. The maximum atomic E-state index is 5.97. The van der Waals surface area contributed by atoms with Gasteiger partial charge in [-0.3, -0.25) is 0 Å². The van der Waals surface area contributed by atoms with Crippen LogP contribution in [-0.2, 0) is 0 Å². The zero-order valence-electron chi connectivity index (χ0n) is 20.5. The second kappa shape index (κ2) is 11.1. The third kappa shape index (κ3) is 5.55. The van der Waals surface area contributed by atoms with E-state index in [-0.39, 0.29) is 11.8 Å². The predicted octanol–water partition coefficient (Wildman–Crippen LogP) is 5.40. The molecule has 1 aromatic carbocycles. The molecule has 1 saturated heterocycles. The van der Waals surface area contributed by atoms with Gasteiger partial charge < -0.3 is 14.3 Å². The summed E-state index contributed by atoms with van der Waals surface area (Å²) in [6.45, 7) is 10.0. The normalized spacial score (nSPS) is 15.1. The molecule has 180 valence electrons. The molecule has 1 aliphatic heterocycles. The van der Waals surface area contributed by atoms with Crippen molar-refractivity contribution in [2.75, 3.05) is 18.0 Å². The Morgan fingerprint density at radius 2 is 1.97 bits per heavy atom. The lowest BCUT2D eigenvalue weighted by Crippen LogP contribution is -2.34. The van der Waals surface area contributed by atoms with Crippen LogP contribution in [0.15, 0.2) is 47.3 Å². The Morgan fingerprint density at radius 1 is 1.21 bits per heavy atom. The first kappa shape index (κ1) is 23.7. The molecule has 8 nitrogen and oxygen atoms in total. The van der Waals surface area contributed by atoms with Gasteiger partial charge in [0.25, 0.3) is 5.88 Å². The molecule has 3 aromatic rings. The molecule has 0 unspecified atom stereocenters. The first-order chi connectivity index (χ1) is 16.6. The van der Waals surface area contributed by atoms with E-state index in [1.807, 2.05) is 25.1 Å². The number of benzene rings is 1. The lowest BCUT2D eigenvalue weighted by Gasteiger charge is -2.32. The molecule has 0 bridgehead atoms.